The van der Waals surface area contributed by atoms with Crippen LogP contribution in [0.3, 0.4) is 0 Å². The number of rotatable bonds is 6. The lowest BCUT2D eigenvalue weighted by molar-refractivity contribution is -0.0327. The number of hydrogen-bond acceptors (Lipinski definition) is 6. The van der Waals surface area contributed by atoms with Crippen molar-refractivity contribution in [1.82, 2.24) is 9.97 Å². The van der Waals surface area contributed by atoms with Crippen molar-refractivity contribution in [2.45, 2.75) is 32.2 Å². The number of nitrogens with two attached hydrogens (primary N) is 1. The highest BCUT2D eigenvalue weighted by Crippen LogP contribution is 2.30. The molecule has 0 aliphatic carbocycles. The van der Waals surface area contributed by atoms with Crippen LogP contribution in [0, 0.1) is 6.92 Å². The van der Waals surface area contributed by atoms with Crippen molar-refractivity contribution in [1.29, 1.82) is 0 Å². The fraction of sp³-hybridized carbons (Fsp3) is 0.636. The molecule has 0 unspecified atom stereocenters. The number of alkyl halides is 3. The highest BCUT2D eigenvalue weighted by Gasteiger charge is 2.27. The fourth-order valence-electron chi connectivity index (χ4n) is 1.44. The fourth-order valence-corrected chi connectivity index (χ4v) is 1.88. The molecule has 114 valence electrons. The third kappa shape index (κ3) is 5.04. The maximum absolute atomic E-state index is 12.0. The van der Waals surface area contributed by atoms with Crippen molar-refractivity contribution in [2.24, 2.45) is 5.84 Å². The first-order chi connectivity index (χ1) is 9.24. The van der Waals surface area contributed by atoms with Gasteiger partial charge >= 0.3 is 5.51 Å². The normalized spacial score (nSPS) is 11.8. The summed E-state index contributed by atoms with van der Waals surface area (Å²) in [6.07, 6.45) is 0. The van der Waals surface area contributed by atoms with Crippen LogP contribution in [-0.4, -0.2) is 27.8 Å². The Bertz CT molecular complexity index is 450. The zero-order valence-corrected chi connectivity index (χ0v) is 12.3. The van der Waals surface area contributed by atoms with E-state index in [0.717, 1.165) is 0 Å². The Morgan fingerprint density at radius 1 is 1.25 bits per heavy atom. The average Bonchev–Trinajstić information content (AvgIpc) is 2.34. The van der Waals surface area contributed by atoms with Gasteiger partial charge in [0.25, 0.3) is 0 Å². The van der Waals surface area contributed by atoms with E-state index in [2.05, 4.69) is 20.7 Å². The standard InChI is InChI=1S/C11H18F3N5S/c1-6(2)8-17-9(7(3)10(18-8)19-15)16-4-5-20-11(12,13)14/h6H,4-5,15H2,1-3H3,(H2,16,17,18,19). The van der Waals surface area contributed by atoms with Gasteiger partial charge in [-0.1, -0.05) is 13.8 Å². The third-order valence-corrected chi connectivity index (χ3v) is 3.21. The minimum absolute atomic E-state index is 0.0671. The molecule has 0 amide bonds. The Morgan fingerprint density at radius 3 is 2.35 bits per heavy atom. The van der Waals surface area contributed by atoms with Crippen molar-refractivity contribution < 1.29 is 13.2 Å². The van der Waals surface area contributed by atoms with Crippen LogP contribution in [0.25, 0.3) is 0 Å². The minimum atomic E-state index is -4.21. The molecule has 1 aromatic heterocycles. The summed E-state index contributed by atoms with van der Waals surface area (Å²) in [5.74, 6) is 6.93. The zero-order valence-electron chi connectivity index (χ0n) is 11.5. The molecule has 4 N–H and O–H groups in total. The largest absolute Gasteiger partial charge is 0.441 e. The Labute approximate surface area is 119 Å². The van der Waals surface area contributed by atoms with Crippen molar-refractivity contribution in [3.63, 3.8) is 0 Å². The van der Waals surface area contributed by atoms with E-state index in [1.807, 2.05) is 13.8 Å². The highest BCUT2D eigenvalue weighted by atomic mass is 32.2. The summed E-state index contributed by atoms with van der Waals surface area (Å²) >= 11 is -0.0671. The quantitative estimate of drug-likeness (QED) is 0.426. The van der Waals surface area contributed by atoms with E-state index >= 15 is 0 Å². The second kappa shape index (κ2) is 6.98. The van der Waals surface area contributed by atoms with Gasteiger partial charge in [0, 0.05) is 23.8 Å². The van der Waals surface area contributed by atoms with E-state index in [1.54, 1.807) is 6.92 Å². The molecular formula is C11H18F3N5S. The molecule has 1 aromatic rings. The molecule has 1 heterocycles. The highest BCUT2D eigenvalue weighted by molar-refractivity contribution is 8.00. The van der Waals surface area contributed by atoms with Gasteiger partial charge in [0.15, 0.2) is 0 Å². The summed E-state index contributed by atoms with van der Waals surface area (Å²) in [6, 6.07) is 0. The van der Waals surface area contributed by atoms with E-state index in [0.29, 0.717) is 23.0 Å². The second-order valence-corrected chi connectivity index (χ2v) is 5.58. The van der Waals surface area contributed by atoms with Gasteiger partial charge in [0.1, 0.15) is 17.5 Å². The van der Waals surface area contributed by atoms with E-state index in [-0.39, 0.29) is 30.0 Å². The number of nitrogens with one attached hydrogen (secondary N) is 2. The van der Waals surface area contributed by atoms with E-state index in [4.69, 9.17) is 5.84 Å². The first kappa shape index (κ1) is 16.8. The van der Waals surface area contributed by atoms with E-state index in [9.17, 15) is 13.2 Å². The third-order valence-electron chi connectivity index (χ3n) is 2.48. The first-order valence-electron chi connectivity index (χ1n) is 6.04. The SMILES string of the molecule is Cc1c(NN)nc(C(C)C)nc1NCCSC(F)(F)F. The lowest BCUT2D eigenvalue weighted by Crippen LogP contribution is -2.17. The Balaban J connectivity index is 2.75. The molecule has 0 saturated carbocycles. The number of halogens is 3. The van der Waals surface area contributed by atoms with Crippen LogP contribution in [0.5, 0.6) is 0 Å². The van der Waals surface area contributed by atoms with Gasteiger partial charge < -0.3 is 10.7 Å². The number of nitrogen functional groups attached to an aromatic ring is 1. The smallest absolute Gasteiger partial charge is 0.369 e. The van der Waals surface area contributed by atoms with E-state index < -0.39 is 5.51 Å². The van der Waals surface area contributed by atoms with E-state index in [1.165, 1.54) is 0 Å². The summed E-state index contributed by atoms with van der Waals surface area (Å²) in [7, 11) is 0. The van der Waals surface area contributed by atoms with Crippen molar-refractivity contribution in [3.8, 4) is 0 Å². The number of thioether (sulfide) groups is 1. The predicted octanol–water partition coefficient (Wildman–Crippen LogP) is 2.86. The molecule has 9 heteroatoms. The Kier molecular flexibility index (Phi) is 5.88. The van der Waals surface area contributed by atoms with Crippen LogP contribution < -0.4 is 16.6 Å². The van der Waals surface area contributed by atoms with Crippen LogP contribution in [0.1, 0.15) is 31.2 Å². The number of aromatic nitrogens is 2. The van der Waals surface area contributed by atoms with Crippen LogP contribution in [0.2, 0.25) is 0 Å². The molecule has 20 heavy (non-hydrogen) atoms. The minimum Gasteiger partial charge on any atom is -0.369 e. The summed E-state index contributed by atoms with van der Waals surface area (Å²) in [4.78, 5) is 8.55. The zero-order chi connectivity index (χ0) is 15.3. The molecule has 0 atom stereocenters. The van der Waals surface area contributed by atoms with Gasteiger partial charge in [0.2, 0.25) is 0 Å². The van der Waals surface area contributed by atoms with Crippen molar-refractivity contribution >= 4 is 23.4 Å². The van der Waals surface area contributed by atoms with Crippen LogP contribution in [-0.2, 0) is 0 Å². The maximum Gasteiger partial charge on any atom is 0.441 e. The first-order valence-corrected chi connectivity index (χ1v) is 7.03. The molecule has 0 saturated heterocycles. The van der Waals surface area contributed by atoms with Gasteiger partial charge in [0.05, 0.1) is 0 Å². The average molecular weight is 309 g/mol. The topological polar surface area (TPSA) is 75.9 Å². The molecule has 5 nitrogen and oxygen atoms in total. The van der Waals surface area contributed by atoms with Crippen LogP contribution in [0.15, 0.2) is 0 Å². The van der Waals surface area contributed by atoms with Crippen LogP contribution >= 0.6 is 11.8 Å². The number of nitrogens with zero attached hydrogens (tertiary/aromatic N) is 2. The summed E-state index contributed by atoms with van der Waals surface area (Å²) in [5, 5.41) is 2.89. The molecule has 0 spiro atoms. The monoisotopic (exact) mass is 309 g/mol. The summed E-state index contributed by atoms with van der Waals surface area (Å²) in [5.41, 5.74) is -1.07. The molecule has 0 aromatic carbocycles. The molecule has 0 aliphatic heterocycles. The molecule has 0 radical (unpaired) electrons. The molecule has 0 bridgehead atoms. The molecule has 0 aliphatic rings. The van der Waals surface area contributed by atoms with Gasteiger partial charge in [-0.3, -0.25) is 0 Å². The second-order valence-electron chi connectivity index (χ2n) is 4.42. The van der Waals surface area contributed by atoms with Gasteiger partial charge in [-0.2, -0.15) is 13.2 Å². The predicted molar refractivity (Wildman–Crippen MR) is 75.7 cm³/mol. The lowest BCUT2D eigenvalue weighted by Gasteiger charge is -2.15. The molecule has 1 rings (SSSR count). The summed E-state index contributed by atoms with van der Waals surface area (Å²) < 4.78 is 36.1. The number of hydrogen-bond donors (Lipinski definition) is 3. The lowest BCUT2D eigenvalue weighted by atomic mass is 10.2. The Morgan fingerprint density at radius 2 is 1.85 bits per heavy atom. The Hall–Kier alpha value is -1.22. The number of anilines is 2. The molecular weight excluding hydrogens is 291 g/mol. The van der Waals surface area contributed by atoms with Gasteiger partial charge in [-0.25, -0.2) is 15.8 Å². The maximum atomic E-state index is 12.0. The van der Waals surface area contributed by atoms with Gasteiger partial charge in [-0.05, 0) is 18.7 Å². The van der Waals surface area contributed by atoms with Crippen molar-refractivity contribution in [3.05, 3.63) is 11.4 Å². The summed E-state index contributed by atoms with van der Waals surface area (Å²) in [6.45, 7) is 5.75. The molecule has 0 fully saturated rings. The van der Waals surface area contributed by atoms with Crippen molar-refractivity contribution in [2.75, 3.05) is 23.0 Å². The van der Waals surface area contributed by atoms with Crippen LogP contribution in [0.4, 0.5) is 24.8 Å². The van der Waals surface area contributed by atoms with Gasteiger partial charge in [-0.15, -0.1) is 0 Å². The number of hydrazine groups is 1.